The van der Waals surface area contributed by atoms with Crippen LogP contribution in [0.1, 0.15) is 59.6 Å². The molecule has 1 atom stereocenters. The van der Waals surface area contributed by atoms with Crippen molar-refractivity contribution in [1.82, 2.24) is 19.9 Å². The van der Waals surface area contributed by atoms with Crippen molar-refractivity contribution in [3.05, 3.63) is 59.5 Å². The van der Waals surface area contributed by atoms with E-state index in [0.29, 0.717) is 17.1 Å². The van der Waals surface area contributed by atoms with Crippen LogP contribution in [0.25, 0.3) is 5.65 Å². The molecule has 2 heterocycles. The van der Waals surface area contributed by atoms with Crippen molar-refractivity contribution >= 4 is 11.6 Å². The SMILES string of the molecule is CCC(NC(=O)c1cnn2cc(C3CC3)cnc12)c1ccc(OC)cc1. The fourth-order valence-corrected chi connectivity index (χ4v) is 3.17. The third kappa shape index (κ3) is 3.14. The summed E-state index contributed by atoms with van der Waals surface area (Å²) in [6.45, 7) is 2.05. The fourth-order valence-electron chi connectivity index (χ4n) is 3.17. The van der Waals surface area contributed by atoms with Crippen molar-refractivity contribution in [2.24, 2.45) is 0 Å². The first-order valence-electron chi connectivity index (χ1n) is 8.97. The van der Waals surface area contributed by atoms with Crippen LogP contribution in [-0.2, 0) is 0 Å². The van der Waals surface area contributed by atoms with E-state index >= 15 is 0 Å². The molecule has 4 rings (SSSR count). The zero-order valence-electron chi connectivity index (χ0n) is 15.0. The Morgan fingerprint density at radius 3 is 2.73 bits per heavy atom. The van der Waals surface area contributed by atoms with Gasteiger partial charge in [-0.1, -0.05) is 19.1 Å². The minimum Gasteiger partial charge on any atom is -0.497 e. The quantitative estimate of drug-likeness (QED) is 0.739. The molecule has 1 N–H and O–H groups in total. The van der Waals surface area contributed by atoms with Gasteiger partial charge in [-0.05, 0) is 48.4 Å². The maximum atomic E-state index is 12.8. The van der Waals surface area contributed by atoms with Crippen molar-refractivity contribution < 1.29 is 9.53 Å². The molecule has 6 nitrogen and oxygen atoms in total. The first-order valence-corrected chi connectivity index (χ1v) is 8.97. The highest BCUT2D eigenvalue weighted by Crippen LogP contribution is 2.39. The van der Waals surface area contributed by atoms with Crippen LogP contribution in [0.3, 0.4) is 0 Å². The summed E-state index contributed by atoms with van der Waals surface area (Å²) in [5, 5.41) is 7.41. The van der Waals surface area contributed by atoms with Crippen molar-refractivity contribution in [1.29, 1.82) is 0 Å². The lowest BCUT2D eigenvalue weighted by Crippen LogP contribution is -2.28. The molecule has 0 aliphatic heterocycles. The largest absolute Gasteiger partial charge is 0.497 e. The molecular formula is C20H22N4O2. The van der Waals surface area contributed by atoms with Gasteiger partial charge < -0.3 is 10.1 Å². The van der Waals surface area contributed by atoms with E-state index in [1.165, 1.54) is 18.4 Å². The van der Waals surface area contributed by atoms with Gasteiger partial charge >= 0.3 is 0 Å². The highest BCUT2D eigenvalue weighted by molar-refractivity contribution is 5.99. The number of hydrogen-bond donors (Lipinski definition) is 1. The lowest BCUT2D eigenvalue weighted by molar-refractivity contribution is 0.0937. The second-order valence-corrected chi connectivity index (χ2v) is 6.70. The lowest BCUT2D eigenvalue weighted by Gasteiger charge is -2.17. The van der Waals surface area contributed by atoms with E-state index in [2.05, 4.69) is 15.4 Å². The summed E-state index contributed by atoms with van der Waals surface area (Å²) in [5.41, 5.74) is 3.33. The van der Waals surface area contributed by atoms with Crippen LogP contribution in [0.5, 0.6) is 5.75 Å². The van der Waals surface area contributed by atoms with Crippen LogP contribution in [0, 0.1) is 0 Å². The number of amides is 1. The smallest absolute Gasteiger partial charge is 0.257 e. The molecule has 3 aromatic rings. The van der Waals surface area contributed by atoms with E-state index in [4.69, 9.17) is 4.74 Å². The lowest BCUT2D eigenvalue weighted by atomic mass is 10.0. The second-order valence-electron chi connectivity index (χ2n) is 6.70. The molecule has 1 aliphatic rings. The Kier molecular flexibility index (Phi) is 4.32. The number of ether oxygens (including phenoxy) is 1. The molecule has 0 radical (unpaired) electrons. The average Bonchev–Trinajstić information content (AvgIpc) is 3.45. The maximum Gasteiger partial charge on any atom is 0.257 e. The van der Waals surface area contributed by atoms with Gasteiger partial charge in [-0.15, -0.1) is 0 Å². The first-order chi connectivity index (χ1) is 12.7. The van der Waals surface area contributed by atoms with Gasteiger partial charge in [-0.3, -0.25) is 4.79 Å². The zero-order valence-corrected chi connectivity index (χ0v) is 15.0. The van der Waals surface area contributed by atoms with E-state index in [9.17, 15) is 4.79 Å². The Morgan fingerprint density at radius 2 is 2.08 bits per heavy atom. The number of fused-ring (bicyclic) bond motifs is 1. The summed E-state index contributed by atoms with van der Waals surface area (Å²) >= 11 is 0. The molecule has 1 fully saturated rings. The number of nitrogens with one attached hydrogen (secondary N) is 1. The number of rotatable bonds is 6. The molecule has 134 valence electrons. The number of methoxy groups -OCH3 is 1. The zero-order chi connectivity index (χ0) is 18.1. The standard InChI is InChI=1S/C20H22N4O2/c1-3-18(14-6-8-16(26-2)9-7-14)23-20(25)17-11-22-24-12-15(13-4-5-13)10-21-19(17)24/h6-13,18H,3-5H2,1-2H3,(H,23,25). The molecule has 0 spiro atoms. The van der Waals surface area contributed by atoms with E-state index in [0.717, 1.165) is 17.7 Å². The van der Waals surface area contributed by atoms with Crippen molar-refractivity contribution in [2.45, 2.75) is 38.1 Å². The van der Waals surface area contributed by atoms with Gasteiger partial charge in [0, 0.05) is 12.4 Å². The number of nitrogens with zero attached hydrogens (tertiary/aromatic N) is 3. The Morgan fingerprint density at radius 1 is 1.31 bits per heavy atom. The van der Waals surface area contributed by atoms with Gasteiger partial charge in [0.2, 0.25) is 0 Å². The van der Waals surface area contributed by atoms with Crippen LogP contribution >= 0.6 is 0 Å². The molecule has 1 unspecified atom stereocenters. The highest BCUT2D eigenvalue weighted by Gasteiger charge is 2.25. The van der Waals surface area contributed by atoms with E-state index in [-0.39, 0.29) is 11.9 Å². The predicted molar refractivity (Wildman–Crippen MR) is 98.5 cm³/mol. The summed E-state index contributed by atoms with van der Waals surface area (Å²) in [4.78, 5) is 17.3. The topological polar surface area (TPSA) is 68.5 Å². The summed E-state index contributed by atoms with van der Waals surface area (Å²) in [5.74, 6) is 1.25. The second kappa shape index (κ2) is 6.78. The van der Waals surface area contributed by atoms with Crippen LogP contribution in [0.15, 0.2) is 42.9 Å². The van der Waals surface area contributed by atoms with E-state index in [1.54, 1.807) is 17.8 Å². The van der Waals surface area contributed by atoms with Crippen molar-refractivity contribution in [3.8, 4) is 5.75 Å². The maximum absolute atomic E-state index is 12.8. The summed E-state index contributed by atoms with van der Waals surface area (Å²) in [6, 6.07) is 7.68. The average molecular weight is 350 g/mol. The Labute approximate surface area is 152 Å². The van der Waals surface area contributed by atoms with Gasteiger partial charge in [-0.25, -0.2) is 9.50 Å². The number of benzene rings is 1. The highest BCUT2D eigenvalue weighted by atomic mass is 16.5. The van der Waals surface area contributed by atoms with Crippen LogP contribution in [0.4, 0.5) is 0 Å². The fraction of sp³-hybridized carbons (Fsp3) is 0.350. The number of hydrogen-bond acceptors (Lipinski definition) is 4. The molecule has 26 heavy (non-hydrogen) atoms. The number of aromatic nitrogens is 3. The Balaban J connectivity index is 1.55. The summed E-state index contributed by atoms with van der Waals surface area (Å²) in [6.07, 6.45) is 8.65. The molecule has 1 aliphatic carbocycles. The van der Waals surface area contributed by atoms with Crippen LogP contribution < -0.4 is 10.1 Å². The minimum absolute atomic E-state index is 0.0749. The third-order valence-electron chi connectivity index (χ3n) is 4.90. The number of carbonyl (C=O) groups excluding carboxylic acids is 1. The molecular weight excluding hydrogens is 328 g/mol. The summed E-state index contributed by atoms with van der Waals surface area (Å²) in [7, 11) is 1.64. The predicted octanol–water partition coefficient (Wildman–Crippen LogP) is 3.50. The van der Waals surface area contributed by atoms with E-state index in [1.807, 2.05) is 43.6 Å². The molecule has 1 amide bonds. The van der Waals surface area contributed by atoms with Crippen molar-refractivity contribution in [2.75, 3.05) is 7.11 Å². The van der Waals surface area contributed by atoms with Gasteiger partial charge in [0.15, 0.2) is 5.65 Å². The van der Waals surface area contributed by atoms with Crippen molar-refractivity contribution in [3.63, 3.8) is 0 Å². The molecule has 6 heteroatoms. The minimum atomic E-state index is -0.158. The van der Waals surface area contributed by atoms with Gasteiger partial charge in [0.05, 0.1) is 19.3 Å². The summed E-state index contributed by atoms with van der Waals surface area (Å²) < 4.78 is 6.90. The van der Waals surface area contributed by atoms with Gasteiger partial charge in [-0.2, -0.15) is 5.10 Å². The number of carbonyl (C=O) groups is 1. The normalized spacial score (nSPS) is 15.0. The molecule has 1 saturated carbocycles. The third-order valence-corrected chi connectivity index (χ3v) is 4.90. The molecule has 1 aromatic carbocycles. The monoisotopic (exact) mass is 350 g/mol. The molecule has 2 aromatic heterocycles. The van der Waals surface area contributed by atoms with Crippen LogP contribution in [0.2, 0.25) is 0 Å². The first kappa shape index (κ1) is 16.6. The Hall–Kier alpha value is -2.89. The van der Waals surface area contributed by atoms with Gasteiger partial charge in [0.1, 0.15) is 11.3 Å². The van der Waals surface area contributed by atoms with E-state index < -0.39 is 0 Å². The molecule has 0 bridgehead atoms. The van der Waals surface area contributed by atoms with Gasteiger partial charge in [0.25, 0.3) is 5.91 Å². The van der Waals surface area contributed by atoms with Crippen LogP contribution in [-0.4, -0.2) is 27.6 Å². The Bertz CT molecular complexity index is 929. The molecule has 0 saturated heterocycles.